The summed E-state index contributed by atoms with van der Waals surface area (Å²) < 4.78 is 0. The van der Waals surface area contributed by atoms with Crippen molar-refractivity contribution < 1.29 is 14.7 Å². The molecule has 0 saturated carbocycles. The van der Waals surface area contributed by atoms with Gasteiger partial charge >= 0.3 is 5.97 Å². The molecular weight excluding hydrogens is 186 g/mol. The second-order valence-electron chi connectivity index (χ2n) is 3.19. The molecule has 14 heavy (non-hydrogen) atoms. The highest BCUT2D eigenvalue weighted by molar-refractivity contribution is 5.93. The fourth-order valence-corrected chi connectivity index (χ4v) is 1.48. The summed E-state index contributed by atoms with van der Waals surface area (Å²) in [7, 11) is 0. The molecule has 2 N–H and O–H groups in total. The van der Waals surface area contributed by atoms with Gasteiger partial charge in [-0.05, 0) is 0 Å². The molecule has 1 aliphatic heterocycles. The first kappa shape index (κ1) is 8.74. The van der Waals surface area contributed by atoms with Crippen LogP contribution < -0.4 is 0 Å². The van der Waals surface area contributed by atoms with E-state index >= 15 is 0 Å². The minimum Gasteiger partial charge on any atom is -0.481 e. The number of hydrogen-bond donors (Lipinski definition) is 2. The molecule has 0 saturated heterocycles. The van der Waals surface area contributed by atoms with Crippen LogP contribution in [0.1, 0.15) is 17.7 Å². The molecule has 6 heteroatoms. The largest absolute Gasteiger partial charge is 0.481 e. The van der Waals surface area contributed by atoms with E-state index in [-0.39, 0.29) is 5.91 Å². The number of amides is 1. The zero-order chi connectivity index (χ0) is 10.1. The first-order chi connectivity index (χ1) is 6.66. The molecule has 74 valence electrons. The molecular formula is C8H9N3O3. The number of aliphatic carboxylic acids is 1. The van der Waals surface area contributed by atoms with Gasteiger partial charge in [-0.3, -0.25) is 14.7 Å². The molecule has 0 aromatic carbocycles. The summed E-state index contributed by atoms with van der Waals surface area (Å²) in [4.78, 5) is 23.1. The van der Waals surface area contributed by atoms with E-state index in [4.69, 9.17) is 5.11 Å². The van der Waals surface area contributed by atoms with Crippen molar-refractivity contribution in [1.82, 2.24) is 15.1 Å². The molecule has 6 nitrogen and oxygen atoms in total. The summed E-state index contributed by atoms with van der Waals surface area (Å²) in [5.41, 5.74) is 1.85. The topological polar surface area (TPSA) is 86.3 Å². The van der Waals surface area contributed by atoms with Gasteiger partial charge in [-0.25, -0.2) is 0 Å². The highest BCUT2D eigenvalue weighted by Gasteiger charge is 2.25. The first-order valence-electron chi connectivity index (χ1n) is 4.17. The molecule has 0 atom stereocenters. The van der Waals surface area contributed by atoms with E-state index in [1.807, 2.05) is 0 Å². The van der Waals surface area contributed by atoms with Crippen molar-refractivity contribution in [1.29, 1.82) is 0 Å². The predicted molar refractivity (Wildman–Crippen MR) is 45.1 cm³/mol. The summed E-state index contributed by atoms with van der Waals surface area (Å²) in [5, 5.41) is 15.0. The zero-order valence-corrected chi connectivity index (χ0v) is 7.36. The molecule has 1 aliphatic rings. The lowest BCUT2D eigenvalue weighted by Gasteiger charge is -2.13. The second kappa shape index (κ2) is 3.13. The Morgan fingerprint density at radius 2 is 2.36 bits per heavy atom. The number of hydrogen-bond acceptors (Lipinski definition) is 3. The predicted octanol–water partition coefficient (Wildman–Crippen LogP) is -0.273. The van der Waals surface area contributed by atoms with Crippen molar-refractivity contribution in [2.45, 2.75) is 19.5 Å². The van der Waals surface area contributed by atoms with Crippen molar-refractivity contribution in [2.24, 2.45) is 0 Å². The molecule has 1 aromatic rings. The number of H-pyrrole nitrogens is 1. The van der Waals surface area contributed by atoms with E-state index in [0.29, 0.717) is 13.1 Å². The van der Waals surface area contributed by atoms with Gasteiger partial charge in [0.05, 0.1) is 18.4 Å². The minimum atomic E-state index is -1.09. The van der Waals surface area contributed by atoms with Crippen molar-refractivity contribution >= 4 is 11.9 Å². The van der Waals surface area contributed by atoms with Crippen LogP contribution in [0, 0.1) is 0 Å². The number of carbonyl (C=O) groups excluding carboxylic acids is 1. The lowest BCUT2D eigenvalue weighted by Crippen LogP contribution is -2.27. The Kier molecular flexibility index (Phi) is 1.95. The Morgan fingerprint density at radius 3 is 3.00 bits per heavy atom. The summed E-state index contributed by atoms with van der Waals surface area (Å²) in [6.45, 7) is 0.888. The second-order valence-corrected chi connectivity index (χ2v) is 3.19. The number of aromatic amines is 1. The van der Waals surface area contributed by atoms with Crippen molar-refractivity contribution in [3.05, 3.63) is 17.5 Å². The number of carbonyl (C=O) groups is 2. The molecule has 1 aromatic heterocycles. The van der Waals surface area contributed by atoms with Crippen molar-refractivity contribution in [3.8, 4) is 0 Å². The minimum absolute atomic E-state index is 0.359. The maximum Gasteiger partial charge on any atom is 0.312 e. The third kappa shape index (κ3) is 1.46. The Morgan fingerprint density at radius 1 is 1.57 bits per heavy atom. The van der Waals surface area contributed by atoms with Gasteiger partial charge < -0.3 is 10.0 Å². The Labute approximate surface area is 79.5 Å². The average Bonchev–Trinajstić information content (AvgIpc) is 2.58. The lowest BCUT2D eigenvalue weighted by molar-refractivity contribution is -0.144. The molecule has 0 spiro atoms. The van der Waals surface area contributed by atoms with Crippen LogP contribution in [0.15, 0.2) is 6.20 Å². The van der Waals surface area contributed by atoms with Crippen LogP contribution in [0.3, 0.4) is 0 Å². The van der Waals surface area contributed by atoms with Crippen LogP contribution in [0.2, 0.25) is 0 Å². The monoisotopic (exact) mass is 195 g/mol. The highest BCUT2D eigenvalue weighted by Crippen LogP contribution is 2.20. The molecule has 2 heterocycles. The van der Waals surface area contributed by atoms with Crippen LogP contribution in [0.4, 0.5) is 0 Å². The number of fused-ring (bicyclic) bond motifs is 1. The maximum atomic E-state index is 11.3. The molecule has 0 unspecified atom stereocenters. The number of carboxylic acids is 1. The molecule has 0 aliphatic carbocycles. The van der Waals surface area contributed by atoms with Gasteiger partial charge in [-0.15, -0.1) is 0 Å². The van der Waals surface area contributed by atoms with Gasteiger partial charge in [0.15, 0.2) is 0 Å². The average molecular weight is 195 g/mol. The number of nitrogens with one attached hydrogen (secondary N) is 1. The van der Waals surface area contributed by atoms with E-state index in [1.54, 1.807) is 6.20 Å². The first-order valence-corrected chi connectivity index (χ1v) is 4.17. The van der Waals surface area contributed by atoms with Crippen molar-refractivity contribution in [3.63, 3.8) is 0 Å². The van der Waals surface area contributed by atoms with E-state index in [2.05, 4.69) is 10.2 Å². The fraction of sp³-hybridized carbons (Fsp3) is 0.375. The smallest absolute Gasteiger partial charge is 0.312 e. The Hall–Kier alpha value is -1.85. The Bertz CT molecular complexity index is 364. The molecule has 2 rings (SSSR count). The third-order valence-electron chi connectivity index (χ3n) is 2.17. The summed E-state index contributed by atoms with van der Waals surface area (Å²) in [5.74, 6) is -1.45. The molecule has 1 amide bonds. The number of carboxylic acid groups (broad SMARTS) is 1. The van der Waals surface area contributed by atoms with Gasteiger partial charge in [0.1, 0.15) is 6.42 Å². The van der Waals surface area contributed by atoms with Gasteiger partial charge in [0, 0.05) is 12.1 Å². The number of aromatic nitrogens is 2. The SMILES string of the molecule is O=C(O)CC(=O)N1Cc2cn[nH]c2C1. The molecule has 0 fully saturated rings. The molecule has 0 radical (unpaired) electrons. The van der Waals surface area contributed by atoms with E-state index < -0.39 is 12.4 Å². The highest BCUT2D eigenvalue weighted by atomic mass is 16.4. The number of nitrogens with zero attached hydrogens (tertiary/aromatic N) is 2. The van der Waals surface area contributed by atoms with Crippen LogP contribution in [0.5, 0.6) is 0 Å². The van der Waals surface area contributed by atoms with E-state index in [9.17, 15) is 9.59 Å². The van der Waals surface area contributed by atoms with Crippen molar-refractivity contribution in [2.75, 3.05) is 0 Å². The standard InChI is InChI=1S/C8H9N3O3/c12-7(1-8(13)14)11-3-5-2-9-10-6(5)4-11/h2H,1,3-4H2,(H,9,10)(H,13,14). The van der Waals surface area contributed by atoms with Gasteiger partial charge in [-0.2, -0.15) is 5.10 Å². The third-order valence-corrected chi connectivity index (χ3v) is 2.17. The zero-order valence-electron chi connectivity index (χ0n) is 7.36. The normalized spacial score (nSPS) is 14.1. The summed E-state index contributed by atoms with van der Waals surface area (Å²) >= 11 is 0. The lowest BCUT2D eigenvalue weighted by atomic mass is 10.3. The van der Waals surface area contributed by atoms with E-state index in [0.717, 1.165) is 11.3 Å². The fourth-order valence-electron chi connectivity index (χ4n) is 1.48. The maximum absolute atomic E-state index is 11.3. The van der Waals surface area contributed by atoms with Crippen LogP contribution in [-0.4, -0.2) is 32.1 Å². The Balaban J connectivity index is 2.01. The van der Waals surface area contributed by atoms with Gasteiger partial charge in [-0.1, -0.05) is 0 Å². The number of rotatable bonds is 2. The van der Waals surface area contributed by atoms with E-state index in [1.165, 1.54) is 4.90 Å². The van der Waals surface area contributed by atoms with Crippen LogP contribution >= 0.6 is 0 Å². The van der Waals surface area contributed by atoms with Crippen LogP contribution in [0.25, 0.3) is 0 Å². The summed E-state index contributed by atoms with van der Waals surface area (Å²) in [6, 6.07) is 0. The van der Waals surface area contributed by atoms with Gasteiger partial charge in [0.2, 0.25) is 5.91 Å². The molecule has 0 bridgehead atoms. The van der Waals surface area contributed by atoms with Gasteiger partial charge in [0.25, 0.3) is 0 Å². The summed E-state index contributed by atoms with van der Waals surface area (Å²) in [6.07, 6.45) is 1.21. The van der Waals surface area contributed by atoms with Crippen LogP contribution in [-0.2, 0) is 22.7 Å². The quantitative estimate of drug-likeness (QED) is 0.636.